The van der Waals surface area contributed by atoms with E-state index in [0.29, 0.717) is 29.6 Å². The van der Waals surface area contributed by atoms with Gasteiger partial charge < -0.3 is 0 Å². The summed E-state index contributed by atoms with van der Waals surface area (Å²) < 4.78 is 1.00. The summed E-state index contributed by atoms with van der Waals surface area (Å²) in [6, 6.07) is 15.7. The predicted octanol–water partition coefficient (Wildman–Crippen LogP) is 4.43. The van der Waals surface area contributed by atoms with Crippen LogP contribution in [0.4, 0.5) is 11.9 Å². The van der Waals surface area contributed by atoms with Crippen LogP contribution in [-0.2, 0) is 6.42 Å². The minimum Gasteiger partial charge on any atom is -0.294 e. The quantitative estimate of drug-likeness (QED) is 0.495. The van der Waals surface area contributed by atoms with E-state index in [-0.39, 0.29) is 5.56 Å². The van der Waals surface area contributed by atoms with Crippen molar-refractivity contribution in [3.63, 3.8) is 0 Å². The Morgan fingerprint density at radius 3 is 2.46 bits per heavy atom. The number of nitrogens with one attached hydrogen (secondary N) is 2. The highest BCUT2D eigenvalue weighted by molar-refractivity contribution is 9.10. The van der Waals surface area contributed by atoms with Gasteiger partial charge in [0.2, 0.25) is 11.9 Å². The van der Waals surface area contributed by atoms with Crippen LogP contribution in [-0.4, -0.2) is 19.9 Å². The fourth-order valence-corrected chi connectivity index (χ4v) is 3.35. The molecule has 0 fully saturated rings. The van der Waals surface area contributed by atoms with Crippen molar-refractivity contribution in [2.45, 2.75) is 20.3 Å². The van der Waals surface area contributed by atoms with E-state index in [9.17, 15) is 4.79 Å². The van der Waals surface area contributed by atoms with Crippen molar-refractivity contribution in [3.8, 4) is 0 Å². The lowest BCUT2D eigenvalue weighted by Crippen LogP contribution is -2.19. The molecular weight excluding hydrogens is 418 g/mol. The summed E-state index contributed by atoms with van der Waals surface area (Å²) in [4.78, 5) is 28.9. The Morgan fingerprint density at radius 1 is 0.964 bits per heavy atom. The molecule has 0 unspecified atom stereocenters. The third-order valence-corrected chi connectivity index (χ3v) is 5.07. The Hall–Kier alpha value is -3.06. The van der Waals surface area contributed by atoms with Crippen LogP contribution in [0.1, 0.15) is 22.5 Å². The number of anilines is 2. The maximum atomic E-state index is 12.6. The fourth-order valence-electron chi connectivity index (χ4n) is 3.08. The van der Waals surface area contributed by atoms with Gasteiger partial charge in [-0.1, -0.05) is 46.3 Å². The molecule has 140 valence electrons. The molecule has 28 heavy (non-hydrogen) atoms. The van der Waals surface area contributed by atoms with E-state index in [1.54, 1.807) is 0 Å². The summed E-state index contributed by atoms with van der Waals surface area (Å²) in [5, 5.41) is 4.02. The summed E-state index contributed by atoms with van der Waals surface area (Å²) in [5.41, 5.74) is 3.89. The second-order valence-corrected chi connectivity index (χ2v) is 7.47. The number of aryl methyl sites for hydroxylation is 2. The summed E-state index contributed by atoms with van der Waals surface area (Å²) in [6.45, 7) is 3.76. The third-order valence-electron chi connectivity index (χ3n) is 4.54. The second-order valence-electron chi connectivity index (χ2n) is 6.56. The van der Waals surface area contributed by atoms with Crippen molar-refractivity contribution >= 4 is 38.7 Å². The average molecular weight is 436 g/mol. The molecule has 4 aromatic rings. The number of aromatic amines is 1. The Kier molecular flexibility index (Phi) is 4.92. The number of fused-ring (bicyclic) bond motifs is 1. The molecule has 0 aliphatic carbocycles. The maximum absolute atomic E-state index is 12.6. The Morgan fingerprint density at radius 2 is 1.71 bits per heavy atom. The molecule has 0 saturated carbocycles. The summed E-state index contributed by atoms with van der Waals surface area (Å²) in [7, 11) is 0. The molecule has 0 aliphatic heterocycles. The monoisotopic (exact) mass is 435 g/mol. The number of H-pyrrole nitrogens is 1. The van der Waals surface area contributed by atoms with E-state index in [1.807, 2.05) is 62.4 Å². The third kappa shape index (κ3) is 3.80. The van der Waals surface area contributed by atoms with Gasteiger partial charge in [0.25, 0.3) is 5.56 Å². The van der Waals surface area contributed by atoms with Gasteiger partial charge in [0, 0.05) is 21.8 Å². The van der Waals surface area contributed by atoms with E-state index in [4.69, 9.17) is 0 Å². The van der Waals surface area contributed by atoms with E-state index >= 15 is 0 Å². The molecular formula is C21H18BrN5O. The lowest BCUT2D eigenvalue weighted by atomic mass is 10.1. The fraction of sp³-hybridized carbons (Fsp3) is 0.143. The first kappa shape index (κ1) is 18.3. The number of aromatic nitrogens is 4. The Bertz CT molecular complexity index is 1220. The number of halogens is 1. The van der Waals surface area contributed by atoms with Gasteiger partial charge in [-0.3, -0.25) is 15.1 Å². The first-order valence-electron chi connectivity index (χ1n) is 8.84. The van der Waals surface area contributed by atoms with Crippen LogP contribution in [0.5, 0.6) is 0 Å². The van der Waals surface area contributed by atoms with E-state index < -0.39 is 0 Å². The molecule has 0 bridgehead atoms. The highest BCUT2D eigenvalue weighted by Crippen LogP contribution is 2.19. The molecule has 0 spiro atoms. The van der Waals surface area contributed by atoms with Crippen LogP contribution in [0.15, 0.2) is 57.8 Å². The molecule has 7 heteroatoms. The minimum atomic E-state index is -0.171. The van der Waals surface area contributed by atoms with Gasteiger partial charge >= 0.3 is 0 Å². The number of hydrogen-bond acceptors (Lipinski definition) is 5. The number of hydrogen-bond donors (Lipinski definition) is 2. The molecule has 0 atom stereocenters. The molecule has 2 aromatic heterocycles. The molecule has 0 radical (unpaired) electrons. The minimum absolute atomic E-state index is 0.171. The van der Waals surface area contributed by atoms with Crippen LogP contribution in [0.3, 0.4) is 0 Å². The van der Waals surface area contributed by atoms with Gasteiger partial charge in [0.05, 0.1) is 16.9 Å². The van der Waals surface area contributed by atoms with Gasteiger partial charge in [-0.25, -0.2) is 15.0 Å². The SMILES string of the molecule is Cc1nc(Nc2nc(C)c3ccccc3n2)[nH]c(=O)c1Cc1ccc(Br)cc1. The van der Waals surface area contributed by atoms with Crippen molar-refractivity contribution in [3.05, 3.63) is 85.9 Å². The molecule has 2 aromatic carbocycles. The van der Waals surface area contributed by atoms with E-state index in [2.05, 4.69) is 41.2 Å². The van der Waals surface area contributed by atoms with Gasteiger partial charge in [-0.2, -0.15) is 0 Å². The second kappa shape index (κ2) is 7.52. The van der Waals surface area contributed by atoms with Crippen LogP contribution in [0.2, 0.25) is 0 Å². The molecule has 2 heterocycles. The molecule has 0 aliphatic rings. The van der Waals surface area contributed by atoms with Gasteiger partial charge in [-0.05, 0) is 37.6 Å². The number of nitrogens with zero attached hydrogens (tertiary/aromatic N) is 3. The highest BCUT2D eigenvalue weighted by atomic mass is 79.9. The first-order valence-corrected chi connectivity index (χ1v) is 9.63. The largest absolute Gasteiger partial charge is 0.294 e. The lowest BCUT2D eigenvalue weighted by Gasteiger charge is -2.10. The molecule has 0 saturated heterocycles. The number of benzene rings is 2. The highest BCUT2D eigenvalue weighted by Gasteiger charge is 2.11. The smallest absolute Gasteiger partial charge is 0.256 e. The average Bonchev–Trinajstić information content (AvgIpc) is 2.66. The van der Waals surface area contributed by atoms with Crippen molar-refractivity contribution in [1.82, 2.24) is 19.9 Å². The molecule has 2 N–H and O–H groups in total. The molecule has 6 nitrogen and oxygen atoms in total. The lowest BCUT2D eigenvalue weighted by molar-refractivity contribution is 0.978. The number of para-hydroxylation sites is 1. The zero-order valence-electron chi connectivity index (χ0n) is 15.5. The van der Waals surface area contributed by atoms with Crippen molar-refractivity contribution < 1.29 is 0 Å². The van der Waals surface area contributed by atoms with Gasteiger partial charge in [0.15, 0.2) is 0 Å². The summed E-state index contributed by atoms with van der Waals surface area (Å²) in [6.07, 6.45) is 0.521. The standard InChI is InChI=1S/C21H18BrN5O/c1-12-16-5-3-4-6-18(16)25-20(23-12)27-21-24-13(2)17(19(28)26-21)11-14-7-9-15(22)10-8-14/h3-10H,11H2,1-2H3,(H2,23,24,25,26,27,28). The Labute approximate surface area is 170 Å². The summed E-state index contributed by atoms with van der Waals surface area (Å²) in [5.74, 6) is 0.733. The normalized spacial score (nSPS) is 11.0. The van der Waals surface area contributed by atoms with E-state index in [1.165, 1.54) is 0 Å². The number of rotatable bonds is 4. The zero-order valence-corrected chi connectivity index (χ0v) is 17.0. The zero-order chi connectivity index (χ0) is 19.7. The first-order chi connectivity index (χ1) is 13.5. The molecule has 4 rings (SSSR count). The van der Waals surface area contributed by atoms with Crippen LogP contribution in [0, 0.1) is 13.8 Å². The predicted molar refractivity (Wildman–Crippen MR) is 114 cm³/mol. The van der Waals surface area contributed by atoms with Gasteiger partial charge in [-0.15, -0.1) is 0 Å². The maximum Gasteiger partial charge on any atom is 0.256 e. The van der Waals surface area contributed by atoms with Crippen LogP contribution < -0.4 is 10.9 Å². The van der Waals surface area contributed by atoms with Crippen LogP contribution in [0.25, 0.3) is 10.9 Å². The topological polar surface area (TPSA) is 83.6 Å². The van der Waals surface area contributed by atoms with Crippen molar-refractivity contribution in [2.75, 3.05) is 5.32 Å². The Balaban J connectivity index is 1.63. The van der Waals surface area contributed by atoms with Crippen LogP contribution >= 0.6 is 15.9 Å². The molecule has 0 amide bonds. The van der Waals surface area contributed by atoms with Gasteiger partial charge in [0.1, 0.15) is 0 Å². The van der Waals surface area contributed by atoms with Crippen molar-refractivity contribution in [2.24, 2.45) is 0 Å². The summed E-state index contributed by atoms with van der Waals surface area (Å²) >= 11 is 3.42. The van der Waals surface area contributed by atoms with E-state index in [0.717, 1.165) is 26.6 Å². The van der Waals surface area contributed by atoms with Crippen molar-refractivity contribution in [1.29, 1.82) is 0 Å².